The van der Waals surface area contributed by atoms with Crippen LogP contribution in [0, 0.1) is 5.92 Å². The standard InChI is InChI=1S/C20H29N3O2/c24-19(21-17-7-3-1-4-8-17)15-23-13-11-16(12-14-23)20(25)22-18-9-5-2-6-10-18/h2,5-6,9-10,16-17H,1,3-4,7-8,11-15H2,(H,21,24)(H,22,25)/p+1. The van der Waals surface area contributed by atoms with E-state index in [-0.39, 0.29) is 17.7 Å². The fraction of sp³-hybridized carbons (Fsp3) is 0.600. The van der Waals surface area contributed by atoms with Gasteiger partial charge < -0.3 is 15.5 Å². The summed E-state index contributed by atoms with van der Waals surface area (Å²) in [7, 11) is 0. The number of benzene rings is 1. The molecule has 1 aliphatic heterocycles. The second-order valence-corrected chi connectivity index (χ2v) is 7.46. The summed E-state index contributed by atoms with van der Waals surface area (Å²) in [5.74, 6) is 0.344. The number of rotatable bonds is 5. The molecule has 1 aromatic rings. The van der Waals surface area contributed by atoms with E-state index in [1.54, 1.807) is 0 Å². The smallest absolute Gasteiger partial charge is 0.275 e. The van der Waals surface area contributed by atoms with Crippen LogP contribution in [0.15, 0.2) is 30.3 Å². The molecule has 0 bridgehead atoms. The Balaban J connectivity index is 1.37. The summed E-state index contributed by atoms with van der Waals surface area (Å²) in [4.78, 5) is 25.9. The number of hydrogen-bond acceptors (Lipinski definition) is 2. The van der Waals surface area contributed by atoms with Crippen LogP contribution < -0.4 is 15.5 Å². The Labute approximate surface area is 150 Å². The van der Waals surface area contributed by atoms with Crippen molar-refractivity contribution in [1.29, 1.82) is 0 Å². The molecule has 0 radical (unpaired) electrons. The third kappa shape index (κ3) is 5.56. The lowest BCUT2D eigenvalue weighted by atomic mass is 9.95. The van der Waals surface area contributed by atoms with Crippen molar-refractivity contribution in [3.63, 3.8) is 0 Å². The van der Waals surface area contributed by atoms with E-state index in [1.165, 1.54) is 24.2 Å². The lowest BCUT2D eigenvalue weighted by Gasteiger charge is -2.29. The molecule has 2 fully saturated rings. The Bertz CT molecular complexity index is 562. The van der Waals surface area contributed by atoms with Crippen LogP contribution in [0.3, 0.4) is 0 Å². The Morgan fingerprint density at radius 2 is 1.64 bits per heavy atom. The average Bonchev–Trinajstić information content (AvgIpc) is 2.64. The molecule has 0 aromatic heterocycles. The molecule has 5 nitrogen and oxygen atoms in total. The average molecular weight is 344 g/mol. The van der Waals surface area contributed by atoms with Gasteiger partial charge in [-0.25, -0.2) is 0 Å². The number of likely N-dealkylation sites (tertiary alicyclic amines) is 1. The summed E-state index contributed by atoms with van der Waals surface area (Å²) in [6, 6.07) is 9.99. The van der Waals surface area contributed by atoms with Crippen molar-refractivity contribution in [2.24, 2.45) is 5.92 Å². The molecule has 0 unspecified atom stereocenters. The van der Waals surface area contributed by atoms with Crippen LogP contribution in [-0.2, 0) is 9.59 Å². The molecular weight excluding hydrogens is 314 g/mol. The highest BCUT2D eigenvalue weighted by molar-refractivity contribution is 5.92. The van der Waals surface area contributed by atoms with Crippen molar-refractivity contribution in [2.45, 2.75) is 51.0 Å². The first-order chi connectivity index (χ1) is 12.2. The molecule has 136 valence electrons. The molecular formula is C20H30N3O2+. The second-order valence-electron chi connectivity index (χ2n) is 7.46. The first-order valence-electron chi connectivity index (χ1n) is 9.69. The van der Waals surface area contributed by atoms with E-state index in [1.807, 2.05) is 30.3 Å². The topological polar surface area (TPSA) is 62.6 Å². The van der Waals surface area contributed by atoms with Crippen molar-refractivity contribution < 1.29 is 14.5 Å². The predicted octanol–water partition coefficient (Wildman–Crippen LogP) is 1.37. The van der Waals surface area contributed by atoms with Crippen LogP contribution >= 0.6 is 0 Å². The zero-order chi connectivity index (χ0) is 17.5. The van der Waals surface area contributed by atoms with Gasteiger partial charge in [0.05, 0.1) is 13.1 Å². The van der Waals surface area contributed by atoms with Gasteiger partial charge in [0.2, 0.25) is 5.91 Å². The Hall–Kier alpha value is -1.88. The molecule has 1 saturated heterocycles. The normalized spacial score (nSPS) is 24.5. The quantitative estimate of drug-likeness (QED) is 0.755. The fourth-order valence-corrected chi connectivity index (χ4v) is 3.98. The van der Waals surface area contributed by atoms with Gasteiger partial charge in [-0.3, -0.25) is 9.59 Å². The second kappa shape index (κ2) is 8.99. The summed E-state index contributed by atoms with van der Waals surface area (Å²) in [5.41, 5.74) is 0.856. The zero-order valence-corrected chi connectivity index (χ0v) is 14.9. The highest BCUT2D eigenvalue weighted by Gasteiger charge is 2.29. The largest absolute Gasteiger partial charge is 0.348 e. The van der Waals surface area contributed by atoms with Crippen LogP contribution in [-0.4, -0.2) is 37.5 Å². The Kier molecular flexibility index (Phi) is 6.45. The predicted molar refractivity (Wildman–Crippen MR) is 98.4 cm³/mol. The number of nitrogens with one attached hydrogen (secondary N) is 3. The highest BCUT2D eigenvalue weighted by atomic mass is 16.2. The molecule has 0 atom stereocenters. The monoisotopic (exact) mass is 344 g/mol. The third-order valence-corrected chi connectivity index (χ3v) is 5.49. The lowest BCUT2D eigenvalue weighted by molar-refractivity contribution is -0.897. The highest BCUT2D eigenvalue weighted by Crippen LogP contribution is 2.17. The third-order valence-electron chi connectivity index (χ3n) is 5.49. The van der Waals surface area contributed by atoms with Gasteiger partial charge in [-0.15, -0.1) is 0 Å². The number of carbonyl (C=O) groups is 2. The summed E-state index contributed by atoms with van der Waals surface area (Å²) in [6.45, 7) is 2.33. The van der Waals surface area contributed by atoms with E-state index < -0.39 is 0 Å². The number of amides is 2. The van der Waals surface area contributed by atoms with Crippen molar-refractivity contribution in [1.82, 2.24) is 5.32 Å². The molecule has 1 saturated carbocycles. The summed E-state index contributed by atoms with van der Waals surface area (Å²) >= 11 is 0. The fourth-order valence-electron chi connectivity index (χ4n) is 3.98. The van der Waals surface area contributed by atoms with Gasteiger partial charge in [0, 0.05) is 30.5 Å². The van der Waals surface area contributed by atoms with Gasteiger partial charge >= 0.3 is 0 Å². The SMILES string of the molecule is O=C(C[NH+]1CCC(C(=O)Nc2ccccc2)CC1)NC1CCCCC1. The number of para-hydroxylation sites is 1. The first kappa shape index (κ1) is 17.9. The van der Waals surface area contributed by atoms with E-state index in [0.717, 1.165) is 44.5 Å². The molecule has 2 aliphatic rings. The maximum atomic E-state index is 12.4. The lowest BCUT2D eigenvalue weighted by Crippen LogP contribution is -3.14. The van der Waals surface area contributed by atoms with E-state index in [4.69, 9.17) is 0 Å². The number of anilines is 1. The number of carbonyl (C=O) groups excluding carboxylic acids is 2. The van der Waals surface area contributed by atoms with E-state index in [9.17, 15) is 9.59 Å². The van der Waals surface area contributed by atoms with Crippen LogP contribution in [0.1, 0.15) is 44.9 Å². The molecule has 3 rings (SSSR count). The van der Waals surface area contributed by atoms with Gasteiger partial charge in [-0.1, -0.05) is 37.5 Å². The van der Waals surface area contributed by atoms with E-state index in [2.05, 4.69) is 10.6 Å². The van der Waals surface area contributed by atoms with Crippen LogP contribution in [0.5, 0.6) is 0 Å². The molecule has 0 spiro atoms. The zero-order valence-electron chi connectivity index (χ0n) is 14.9. The number of quaternary nitrogens is 1. The van der Waals surface area contributed by atoms with Crippen molar-refractivity contribution in [3.8, 4) is 0 Å². The van der Waals surface area contributed by atoms with Crippen LogP contribution in [0.2, 0.25) is 0 Å². The molecule has 1 heterocycles. The minimum absolute atomic E-state index is 0.0605. The molecule has 1 aromatic carbocycles. The Morgan fingerprint density at radius 1 is 0.960 bits per heavy atom. The van der Waals surface area contributed by atoms with E-state index >= 15 is 0 Å². The maximum Gasteiger partial charge on any atom is 0.275 e. The maximum absolute atomic E-state index is 12.4. The molecule has 2 amide bonds. The Morgan fingerprint density at radius 3 is 2.32 bits per heavy atom. The summed E-state index contributed by atoms with van der Waals surface area (Å²) in [5, 5.41) is 6.19. The van der Waals surface area contributed by atoms with Crippen LogP contribution in [0.25, 0.3) is 0 Å². The van der Waals surface area contributed by atoms with Gasteiger partial charge in [0.1, 0.15) is 0 Å². The first-order valence-corrected chi connectivity index (χ1v) is 9.69. The molecule has 25 heavy (non-hydrogen) atoms. The summed E-state index contributed by atoms with van der Waals surface area (Å²) in [6.07, 6.45) is 7.73. The van der Waals surface area contributed by atoms with Crippen LogP contribution in [0.4, 0.5) is 5.69 Å². The van der Waals surface area contributed by atoms with Gasteiger partial charge in [-0.05, 0) is 25.0 Å². The number of piperidine rings is 1. The molecule has 3 N–H and O–H groups in total. The van der Waals surface area contributed by atoms with Gasteiger partial charge in [0.15, 0.2) is 6.54 Å². The number of hydrogen-bond donors (Lipinski definition) is 3. The van der Waals surface area contributed by atoms with Crippen molar-refractivity contribution in [3.05, 3.63) is 30.3 Å². The van der Waals surface area contributed by atoms with Gasteiger partial charge in [0.25, 0.3) is 5.91 Å². The molecule has 1 aliphatic carbocycles. The summed E-state index contributed by atoms with van der Waals surface area (Å²) < 4.78 is 0. The molecule has 5 heteroatoms. The van der Waals surface area contributed by atoms with Crippen molar-refractivity contribution >= 4 is 17.5 Å². The minimum atomic E-state index is 0.0605. The van der Waals surface area contributed by atoms with E-state index in [0.29, 0.717) is 12.6 Å². The van der Waals surface area contributed by atoms with Gasteiger partial charge in [-0.2, -0.15) is 0 Å². The minimum Gasteiger partial charge on any atom is -0.348 e. The van der Waals surface area contributed by atoms with Crippen molar-refractivity contribution in [2.75, 3.05) is 25.0 Å².